The van der Waals surface area contributed by atoms with Gasteiger partial charge in [-0.2, -0.15) is 4.98 Å². The van der Waals surface area contributed by atoms with Gasteiger partial charge in [0.25, 0.3) is 0 Å². The fourth-order valence-electron chi connectivity index (χ4n) is 4.77. The maximum Gasteiger partial charge on any atom is 0.323 e. The fraction of sp³-hybridized carbons (Fsp3) is 0.774. The minimum Gasteiger partial charge on any atom is -0.465 e. The van der Waals surface area contributed by atoms with Gasteiger partial charge in [0.2, 0.25) is 5.95 Å². The molecular formula is C31H54N6O4. The molecule has 2 aromatic rings. The van der Waals surface area contributed by atoms with E-state index in [-0.39, 0.29) is 37.0 Å². The van der Waals surface area contributed by atoms with Crippen LogP contribution in [0, 0.1) is 11.8 Å². The van der Waals surface area contributed by atoms with Crippen molar-refractivity contribution < 1.29 is 19.1 Å². The molecule has 2 aromatic heterocycles. The van der Waals surface area contributed by atoms with Crippen molar-refractivity contribution in [1.29, 1.82) is 0 Å². The zero-order valence-electron chi connectivity index (χ0n) is 25.7. The first-order valence-corrected chi connectivity index (χ1v) is 15.8. The Morgan fingerprint density at radius 3 is 2.12 bits per heavy atom. The first-order valence-electron chi connectivity index (χ1n) is 15.8. The molecule has 2 rings (SSSR count). The lowest BCUT2D eigenvalue weighted by molar-refractivity contribution is -0.149. The Morgan fingerprint density at radius 2 is 1.51 bits per heavy atom. The average Bonchev–Trinajstić information content (AvgIpc) is 3.34. The number of hydrogen-bond donors (Lipinski definition) is 2. The molecule has 10 heteroatoms. The topological polar surface area (TPSA) is 148 Å². The van der Waals surface area contributed by atoms with Crippen molar-refractivity contribution in [2.75, 3.05) is 18.9 Å². The maximum absolute atomic E-state index is 12.5. The maximum atomic E-state index is 12.5. The van der Waals surface area contributed by atoms with E-state index in [1.807, 2.05) is 18.4 Å². The Labute approximate surface area is 246 Å². The highest BCUT2D eigenvalue weighted by molar-refractivity contribution is 5.75. The number of aromatic nitrogens is 4. The highest BCUT2D eigenvalue weighted by Crippen LogP contribution is 2.17. The van der Waals surface area contributed by atoms with Crippen molar-refractivity contribution in [2.45, 2.75) is 130 Å². The van der Waals surface area contributed by atoms with E-state index in [0.29, 0.717) is 30.6 Å². The van der Waals surface area contributed by atoms with E-state index in [4.69, 9.17) is 20.9 Å². The molecule has 0 saturated carbocycles. The second-order valence-corrected chi connectivity index (χ2v) is 11.6. The van der Waals surface area contributed by atoms with Crippen molar-refractivity contribution in [3.8, 4) is 0 Å². The summed E-state index contributed by atoms with van der Waals surface area (Å²) in [5, 5.41) is 0. The molecule has 0 aliphatic heterocycles. The summed E-state index contributed by atoms with van der Waals surface area (Å²) in [5.74, 6) is -0.573. The van der Waals surface area contributed by atoms with Gasteiger partial charge in [0.05, 0.1) is 25.7 Å². The van der Waals surface area contributed by atoms with Gasteiger partial charge in [-0.25, -0.2) is 9.97 Å². The van der Waals surface area contributed by atoms with Crippen LogP contribution in [-0.4, -0.2) is 50.7 Å². The predicted molar refractivity (Wildman–Crippen MR) is 163 cm³/mol. The first-order chi connectivity index (χ1) is 19.8. The molecule has 2 heterocycles. The van der Waals surface area contributed by atoms with Crippen LogP contribution in [0.25, 0.3) is 11.2 Å². The summed E-state index contributed by atoms with van der Waals surface area (Å²) in [6, 6.07) is -0.663. The molecule has 0 bridgehead atoms. The number of anilines is 1. The highest BCUT2D eigenvalue weighted by Gasteiger charge is 2.21. The van der Waals surface area contributed by atoms with Crippen LogP contribution in [0.1, 0.15) is 117 Å². The number of carbonyl (C=O) groups is 2. The molecule has 0 aromatic carbocycles. The molecule has 0 aliphatic rings. The van der Waals surface area contributed by atoms with E-state index in [0.717, 1.165) is 19.3 Å². The summed E-state index contributed by atoms with van der Waals surface area (Å²) in [6.45, 7) is 6.89. The van der Waals surface area contributed by atoms with Gasteiger partial charge in [-0.05, 0) is 18.8 Å². The molecule has 0 fully saturated rings. The number of nitrogen functional groups attached to an aromatic ring is 1. The third-order valence-electron chi connectivity index (χ3n) is 7.56. The number of nitrogens with two attached hydrogens (primary N) is 2. The molecule has 1 unspecified atom stereocenters. The number of rotatable bonds is 23. The summed E-state index contributed by atoms with van der Waals surface area (Å²) in [6.07, 6.45) is 20.6. The summed E-state index contributed by atoms with van der Waals surface area (Å²) < 4.78 is 12.9. The van der Waals surface area contributed by atoms with Gasteiger partial charge in [-0.15, -0.1) is 0 Å². The van der Waals surface area contributed by atoms with Crippen molar-refractivity contribution in [3.05, 3.63) is 12.5 Å². The van der Waals surface area contributed by atoms with E-state index >= 15 is 0 Å². The monoisotopic (exact) mass is 574 g/mol. The lowest BCUT2D eigenvalue weighted by Gasteiger charge is -2.19. The molecule has 41 heavy (non-hydrogen) atoms. The van der Waals surface area contributed by atoms with Crippen LogP contribution < -0.4 is 11.5 Å². The van der Waals surface area contributed by atoms with Crippen LogP contribution in [-0.2, 0) is 25.6 Å². The number of esters is 2. The van der Waals surface area contributed by atoms with Crippen molar-refractivity contribution >= 4 is 29.1 Å². The fourth-order valence-corrected chi connectivity index (χ4v) is 4.77. The molecule has 0 radical (unpaired) electrons. The largest absolute Gasteiger partial charge is 0.465 e. The molecular weight excluding hydrogens is 520 g/mol. The first kappa shape index (κ1) is 34.5. The minimum absolute atomic E-state index is 0.00758. The van der Waals surface area contributed by atoms with Crippen LogP contribution in [0.15, 0.2) is 12.5 Å². The third-order valence-corrected chi connectivity index (χ3v) is 7.56. The Hall–Kier alpha value is -2.75. The van der Waals surface area contributed by atoms with E-state index in [1.165, 1.54) is 64.2 Å². The van der Waals surface area contributed by atoms with Crippen LogP contribution >= 0.6 is 0 Å². The van der Waals surface area contributed by atoms with Gasteiger partial charge in [0.1, 0.15) is 11.6 Å². The van der Waals surface area contributed by atoms with Gasteiger partial charge >= 0.3 is 11.9 Å². The summed E-state index contributed by atoms with van der Waals surface area (Å²) in [7, 11) is 0. The smallest absolute Gasteiger partial charge is 0.323 e. The van der Waals surface area contributed by atoms with Gasteiger partial charge in [-0.1, -0.05) is 97.8 Å². The van der Waals surface area contributed by atoms with Crippen LogP contribution in [0.2, 0.25) is 0 Å². The number of fused-ring (bicyclic) bond motifs is 1. The van der Waals surface area contributed by atoms with Gasteiger partial charge in [0.15, 0.2) is 5.65 Å². The van der Waals surface area contributed by atoms with Crippen LogP contribution in [0.4, 0.5) is 5.95 Å². The van der Waals surface area contributed by atoms with E-state index in [1.54, 1.807) is 12.5 Å². The number of imidazole rings is 1. The van der Waals surface area contributed by atoms with Gasteiger partial charge in [-0.3, -0.25) is 9.59 Å². The number of hydrogen-bond acceptors (Lipinski definition) is 9. The van der Waals surface area contributed by atoms with Gasteiger partial charge < -0.3 is 25.5 Å². The number of ether oxygens (including phenoxy) is 2. The third kappa shape index (κ3) is 14.1. The van der Waals surface area contributed by atoms with Crippen LogP contribution in [0.3, 0.4) is 0 Å². The van der Waals surface area contributed by atoms with E-state index in [2.05, 4.69) is 21.9 Å². The Bertz CT molecular complexity index is 1010. The van der Waals surface area contributed by atoms with Crippen LogP contribution in [0.5, 0.6) is 0 Å². The highest BCUT2D eigenvalue weighted by atomic mass is 16.5. The minimum atomic E-state index is -0.663. The second kappa shape index (κ2) is 20.2. The molecule has 0 spiro atoms. The summed E-state index contributed by atoms with van der Waals surface area (Å²) >= 11 is 0. The Kier molecular flexibility index (Phi) is 17.0. The van der Waals surface area contributed by atoms with Crippen molar-refractivity contribution in [1.82, 2.24) is 19.5 Å². The normalized spacial score (nSPS) is 13.0. The zero-order valence-corrected chi connectivity index (χ0v) is 25.7. The number of carbonyl (C=O) groups excluding carboxylic acids is 2. The molecule has 10 nitrogen and oxygen atoms in total. The number of unbranched alkanes of at least 4 members (excludes halogenated alkanes) is 12. The number of nitrogens with zero attached hydrogens (tertiary/aromatic N) is 4. The standard InChI is InChI=1S/C31H54N6O4/c1-4-5-6-7-8-9-10-11-12-13-14-15-16-17-27(38)41-22-25(18-19-40-30(39)28(32)24(2)3)21-37-23-35-26-20-34-31(33)36-29(26)37/h20,23-25,28H,4-19,21-22,32H2,1-3H3,(H2,33,34,36)/t25?,28-/m0/s1. The SMILES string of the molecule is CCCCCCCCCCCCCCCC(=O)OCC(CCOC(=O)[C@@H](N)C(C)C)Cn1cnc2cnc(N)nc21. The zero-order chi connectivity index (χ0) is 29.9. The molecule has 0 amide bonds. The lowest BCUT2D eigenvalue weighted by atomic mass is 10.0. The molecule has 0 saturated heterocycles. The second-order valence-electron chi connectivity index (χ2n) is 11.6. The van der Waals surface area contributed by atoms with E-state index in [9.17, 15) is 9.59 Å². The average molecular weight is 575 g/mol. The molecule has 232 valence electrons. The Balaban J connectivity index is 1.70. The summed E-state index contributed by atoms with van der Waals surface area (Å²) in [5.41, 5.74) is 12.9. The molecule has 4 N–H and O–H groups in total. The van der Waals surface area contributed by atoms with Gasteiger partial charge in [0, 0.05) is 18.9 Å². The summed E-state index contributed by atoms with van der Waals surface area (Å²) in [4.78, 5) is 37.3. The predicted octanol–water partition coefficient (Wildman–Crippen LogP) is 5.97. The lowest BCUT2D eigenvalue weighted by Crippen LogP contribution is -2.37. The molecule has 2 atom stereocenters. The van der Waals surface area contributed by atoms with E-state index < -0.39 is 12.0 Å². The van der Waals surface area contributed by atoms with Crippen molar-refractivity contribution in [2.24, 2.45) is 17.6 Å². The van der Waals surface area contributed by atoms with Crippen molar-refractivity contribution in [3.63, 3.8) is 0 Å². The quantitative estimate of drug-likeness (QED) is 0.121. The Morgan fingerprint density at radius 1 is 0.902 bits per heavy atom. The molecule has 0 aliphatic carbocycles.